The summed E-state index contributed by atoms with van der Waals surface area (Å²) in [4.78, 5) is 15.3. The van der Waals surface area contributed by atoms with Gasteiger partial charge < -0.3 is 10.2 Å². The second-order valence-corrected chi connectivity index (χ2v) is 11.3. The molecular weight excluding hydrogens is 474 g/mol. The van der Waals surface area contributed by atoms with Crippen LogP contribution in [0.15, 0.2) is 65.6 Å². The predicted molar refractivity (Wildman–Crippen MR) is 141 cm³/mol. The summed E-state index contributed by atoms with van der Waals surface area (Å²) in [6.45, 7) is 3.12. The molecule has 1 amide bonds. The van der Waals surface area contributed by atoms with Crippen LogP contribution in [0.1, 0.15) is 48.9 Å². The standard InChI is InChI=1S/C27H31N5O3S/c33-27(21-10-12-24(13-11-21)36(34,35)32-18-5-6-19-32)28-23-9-7-8-22(20-23)25-14-15-26(30-29-25)31-16-3-1-2-4-17-31/h7-15,20H,1-6,16-19H2,(H,28,33). The van der Waals surface area contributed by atoms with Gasteiger partial charge in [0.1, 0.15) is 0 Å². The van der Waals surface area contributed by atoms with Gasteiger partial charge in [0.2, 0.25) is 10.0 Å². The van der Waals surface area contributed by atoms with Crippen molar-refractivity contribution in [2.45, 2.75) is 43.4 Å². The molecule has 36 heavy (non-hydrogen) atoms. The Morgan fingerprint density at radius 1 is 0.778 bits per heavy atom. The van der Waals surface area contributed by atoms with Gasteiger partial charge in [-0.1, -0.05) is 25.0 Å². The summed E-state index contributed by atoms with van der Waals surface area (Å²) < 4.78 is 26.9. The molecule has 5 rings (SSSR count). The van der Waals surface area contributed by atoms with Crippen LogP contribution in [0.2, 0.25) is 0 Å². The van der Waals surface area contributed by atoms with Crippen molar-refractivity contribution in [1.82, 2.24) is 14.5 Å². The summed E-state index contributed by atoms with van der Waals surface area (Å²) in [6, 6.07) is 17.5. The molecule has 2 aliphatic heterocycles. The van der Waals surface area contributed by atoms with Gasteiger partial charge in [-0.25, -0.2) is 8.42 Å². The Morgan fingerprint density at radius 3 is 2.14 bits per heavy atom. The lowest BCUT2D eigenvalue weighted by atomic mass is 10.1. The summed E-state index contributed by atoms with van der Waals surface area (Å²) in [7, 11) is -3.50. The average molecular weight is 506 g/mol. The van der Waals surface area contributed by atoms with Crippen molar-refractivity contribution in [1.29, 1.82) is 0 Å². The van der Waals surface area contributed by atoms with Crippen LogP contribution in [0.3, 0.4) is 0 Å². The Hall–Kier alpha value is -3.30. The molecule has 2 aliphatic rings. The SMILES string of the molecule is O=C(Nc1cccc(-c2ccc(N3CCCCCC3)nn2)c1)c1ccc(S(=O)(=O)N2CCCC2)cc1. The van der Waals surface area contributed by atoms with Crippen LogP contribution < -0.4 is 10.2 Å². The molecular formula is C27H31N5O3S. The first kappa shape index (κ1) is 24.4. The Balaban J connectivity index is 1.26. The maximum absolute atomic E-state index is 12.8. The third-order valence-electron chi connectivity index (χ3n) is 6.82. The normalized spacial score (nSPS) is 17.1. The monoisotopic (exact) mass is 505 g/mol. The number of rotatable bonds is 6. The summed E-state index contributed by atoms with van der Waals surface area (Å²) in [5.74, 6) is 0.597. The molecule has 0 atom stereocenters. The quantitative estimate of drug-likeness (QED) is 0.528. The van der Waals surface area contributed by atoms with E-state index in [1.807, 2.05) is 36.4 Å². The molecule has 8 nitrogen and oxygen atoms in total. The van der Waals surface area contributed by atoms with Crippen molar-refractivity contribution < 1.29 is 13.2 Å². The van der Waals surface area contributed by atoms with E-state index in [1.54, 1.807) is 12.1 Å². The number of amides is 1. The number of nitrogens with zero attached hydrogens (tertiary/aromatic N) is 4. The molecule has 2 saturated heterocycles. The molecule has 3 aromatic rings. The van der Waals surface area contributed by atoms with Crippen LogP contribution >= 0.6 is 0 Å². The number of benzene rings is 2. The van der Waals surface area contributed by atoms with Crippen molar-refractivity contribution in [2.24, 2.45) is 0 Å². The molecule has 0 saturated carbocycles. The number of carbonyl (C=O) groups excluding carboxylic acids is 1. The zero-order chi connectivity index (χ0) is 25.0. The van der Waals surface area contributed by atoms with E-state index < -0.39 is 10.0 Å². The largest absolute Gasteiger partial charge is 0.355 e. The van der Waals surface area contributed by atoms with Crippen LogP contribution in [-0.4, -0.2) is 55.0 Å². The van der Waals surface area contributed by atoms with Gasteiger partial charge in [-0.3, -0.25) is 4.79 Å². The number of aromatic nitrogens is 2. The first-order valence-corrected chi connectivity index (χ1v) is 14.1. The average Bonchev–Trinajstić information content (AvgIpc) is 3.33. The maximum Gasteiger partial charge on any atom is 0.255 e. The number of sulfonamides is 1. The number of carbonyl (C=O) groups is 1. The number of anilines is 2. The summed E-state index contributed by atoms with van der Waals surface area (Å²) in [5, 5.41) is 11.8. The lowest BCUT2D eigenvalue weighted by Gasteiger charge is -2.20. The van der Waals surface area contributed by atoms with E-state index in [2.05, 4.69) is 20.4 Å². The van der Waals surface area contributed by atoms with Gasteiger partial charge in [-0.15, -0.1) is 10.2 Å². The molecule has 1 aromatic heterocycles. The molecule has 3 heterocycles. The van der Waals surface area contributed by atoms with E-state index >= 15 is 0 Å². The summed E-state index contributed by atoms with van der Waals surface area (Å²) >= 11 is 0. The molecule has 0 aliphatic carbocycles. The Bertz CT molecular complexity index is 1300. The van der Waals surface area contributed by atoms with E-state index in [1.165, 1.54) is 42.1 Å². The van der Waals surface area contributed by atoms with Crippen molar-refractivity contribution in [2.75, 3.05) is 36.4 Å². The van der Waals surface area contributed by atoms with Crippen LogP contribution in [0.25, 0.3) is 11.3 Å². The highest BCUT2D eigenvalue weighted by Crippen LogP contribution is 2.24. The van der Waals surface area contributed by atoms with Gasteiger partial charge in [0, 0.05) is 43.0 Å². The second-order valence-electron chi connectivity index (χ2n) is 9.35. The fourth-order valence-corrected chi connectivity index (χ4v) is 6.28. The van der Waals surface area contributed by atoms with Crippen LogP contribution in [-0.2, 0) is 10.0 Å². The van der Waals surface area contributed by atoms with E-state index in [9.17, 15) is 13.2 Å². The first-order chi connectivity index (χ1) is 17.5. The van der Waals surface area contributed by atoms with Gasteiger partial charge in [-0.05, 0) is 74.2 Å². The highest BCUT2D eigenvalue weighted by molar-refractivity contribution is 7.89. The zero-order valence-corrected chi connectivity index (χ0v) is 21.1. The predicted octanol–water partition coefficient (Wildman–Crippen LogP) is 4.56. The third-order valence-corrected chi connectivity index (χ3v) is 8.73. The van der Waals surface area contributed by atoms with Crippen molar-refractivity contribution in [3.8, 4) is 11.3 Å². The first-order valence-electron chi connectivity index (χ1n) is 12.6. The van der Waals surface area contributed by atoms with E-state index in [0.29, 0.717) is 24.3 Å². The topological polar surface area (TPSA) is 95.5 Å². The van der Waals surface area contributed by atoms with Gasteiger partial charge in [0.05, 0.1) is 10.6 Å². The molecule has 2 fully saturated rings. The van der Waals surface area contributed by atoms with Crippen LogP contribution in [0.4, 0.5) is 11.5 Å². The third kappa shape index (κ3) is 5.42. The maximum atomic E-state index is 12.8. The van der Waals surface area contributed by atoms with Crippen molar-refractivity contribution >= 4 is 27.4 Å². The minimum absolute atomic E-state index is 0.213. The summed E-state index contributed by atoms with van der Waals surface area (Å²) in [6.07, 6.45) is 6.66. The molecule has 188 valence electrons. The van der Waals surface area contributed by atoms with Gasteiger partial charge in [0.25, 0.3) is 5.91 Å². The number of hydrogen-bond donors (Lipinski definition) is 1. The minimum Gasteiger partial charge on any atom is -0.355 e. The molecule has 1 N–H and O–H groups in total. The van der Waals surface area contributed by atoms with Gasteiger partial charge >= 0.3 is 0 Å². The molecule has 0 radical (unpaired) electrons. The lowest BCUT2D eigenvalue weighted by Crippen LogP contribution is -2.27. The zero-order valence-electron chi connectivity index (χ0n) is 20.3. The van der Waals surface area contributed by atoms with Crippen LogP contribution in [0.5, 0.6) is 0 Å². The highest BCUT2D eigenvalue weighted by Gasteiger charge is 2.27. The van der Waals surface area contributed by atoms with Crippen molar-refractivity contribution in [3.05, 3.63) is 66.2 Å². The Morgan fingerprint density at radius 2 is 1.47 bits per heavy atom. The van der Waals surface area contributed by atoms with Crippen molar-refractivity contribution in [3.63, 3.8) is 0 Å². The van der Waals surface area contributed by atoms with E-state index in [4.69, 9.17) is 0 Å². The smallest absolute Gasteiger partial charge is 0.255 e. The summed E-state index contributed by atoms with van der Waals surface area (Å²) in [5.41, 5.74) is 2.61. The van der Waals surface area contributed by atoms with Crippen LogP contribution in [0, 0.1) is 0 Å². The molecule has 2 aromatic carbocycles. The molecule has 0 spiro atoms. The number of hydrogen-bond acceptors (Lipinski definition) is 6. The second kappa shape index (κ2) is 10.8. The highest BCUT2D eigenvalue weighted by atomic mass is 32.2. The molecule has 0 bridgehead atoms. The van der Waals surface area contributed by atoms with Gasteiger partial charge in [0.15, 0.2) is 5.82 Å². The lowest BCUT2D eigenvalue weighted by molar-refractivity contribution is 0.102. The molecule has 9 heteroatoms. The van der Waals surface area contributed by atoms with E-state index in [-0.39, 0.29) is 10.8 Å². The Labute approximate surface area is 212 Å². The minimum atomic E-state index is -3.50. The Kier molecular flexibility index (Phi) is 7.29. The fraction of sp³-hybridized carbons (Fsp3) is 0.370. The van der Waals surface area contributed by atoms with Gasteiger partial charge in [-0.2, -0.15) is 4.31 Å². The van der Waals surface area contributed by atoms with E-state index in [0.717, 1.165) is 43.0 Å². The fourth-order valence-electron chi connectivity index (χ4n) is 4.76. The molecule has 0 unspecified atom stereocenters. The number of nitrogens with one attached hydrogen (secondary N) is 1.